The molecule has 0 radical (unpaired) electrons. The van der Waals surface area contributed by atoms with Crippen molar-refractivity contribution < 1.29 is 9.59 Å². The molecular formula is C22H22N4O2. The molecule has 6 nitrogen and oxygen atoms in total. The summed E-state index contributed by atoms with van der Waals surface area (Å²) in [6.07, 6.45) is 4.98. The van der Waals surface area contributed by atoms with Crippen molar-refractivity contribution in [2.75, 3.05) is 0 Å². The van der Waals surface area contributed by atoms with E-state index in [1.54, 1.807) is 13.0 Å². The van der Waals surface area contributed by atoms with Crippen LogP contribution in [0.15, 0.2) is 72.9 Å². The van der Waals surface area contributed by atoms with Gasteiger partial charge in [-0.05, 0) is 18.6 Å². The summed E-state index contributed by atoms with van der Waals surface area (Å²) in [4.78, 5) is 23.1. The van der Waals surface area contributed by atoms with Gasteiger partial charge >= 0.3 is 0 Å². The second-order valence-corrected chi connectivity index (χ2v) is 6.45. The smallest absolute Gasteiger partial charge is 0.244 e. The van der Waals surface area contributed by atoms with E-state index in [0.29, 0.717) is 6.54 Å². The zero-order valence-corrected chi connectivity index (χ0v) is 15.6. The summed E-state index contributed by atoms with van der Waals surface area (Å²) < 4.78 is 1.85. The molecule has 0 fully saturated rings. The molecule has 0 aliphatic rings. The number of nitrogens with one attached hydrogen (secondary N) is 1. The van der Waals surface area contributed by atoms with Crippen molar-refractivity contribution >= 4 is 17.9 Å². The number of benzene rings is 2. The van der Waals surface area contributed by atoms with Crippen LogP contribution in [0.3, 0.4) is 0 Å². The molecule has 3 rings (SSSR count). The lowest BCUT2D eigenvalue weighted by molar-refractivity contribution is -0.124. The van der Waals surface area contributed by atoms with E-state index >= 15 is 0 Å². The Hall–Kier alpha value is -3.67. The fourth-order valence-corrected chi connectivity index (χ4v) is 2.73. The molecule has 1 atom stereocenters. The highest BCUT2D eigenvalue weighted by Crippen LogP contribution is 2.23. The van der Waals surface area contributed by atoms with E-state index in [-0.39, 0.29) is 5.91 Å². The van der Waals surface area contributed by atoms with Gasteiger partial charge in [0.2, 0.25) is 11.8 Å². The molecule has 3 N–H and O–H groups in total. The van der Waals surface area contributed by atoms with E-state index in [4.69, 9.17) is 10.8 Å². The largest absolute Gasteiger partial charge is 0.368 e. The molecule has 1 unspecified atom stereocenters. The van der Waals surface area contributed by atoms with E-state index in [0.717, 1.165) is 22.4 Å². The first-order chi connectivity index (χ1) is 13.5. The van der Waals surface area contributed by atoms with E-state index in [9.17, 15) is 9.59 Å². The second kappa shape index (κ2) is 8.81. The van der Waals surface area contributed by atoms with Crippen LogP contribution in [0, 0.1) is 0 Å². The second-order valence-electron chi connectivity index (χ2n) is 6.45. The SMILES string of the molecule is CC(NC(=O)/C=C/c1cn(Cc2ccccc2)nc1-c1ccccc1)C(N)=O. The Morgan fingerprint density at radius 2 is 1.75 bits per heavy atom. The minimum atomic E-state index is -0.730. The predicted octanol–water partition coefficient (Wildman–Crippen LogP) is 2.60. The van der Waals surface area contributed by atoms with Crippen molar-refractivity contribution in [1.82, 2.24) is 15.1 Å². The molecule has 0 spiro atoms. The predicted molar refractivity (Wildman–Crippen MR) is 109 cm³/mol. The molecule has 1 heterocycles. The van der Waals surface area contributed by atoms with Gasteiger partial charge in [0.1, 0.15) is 6.04 Å². The van der Waals surface area contributed by atoms with Gasteiger partial charge in [0.05, 0.1) is 12.2 Å². The Morgan fingerprint density at radius 1 is 1.11 bits per heavy atom. The molecule has 142 valence electrons. The van der Waals surface area contributed by atoms with Crippen LogP contribution in [0.25, 0.3) is 17.3 Å². The zero-order valence-electron chi connectivity index (χ0n) is 15.6. The van der Waals surface area contributed by atoms with Crippen LogP contribution in [0.1, 0.15) is 18.1 Å². The molecular weight excluding hydrogens is 352 g/mol. The number of hydrogen-bond acceptors (Lipinski definition) is 3. The van der Waals surface area contributed by atoms with Crippen LogP contribution in [0.5, 0.6) is 0 Å². The average Bonchev–Trinajstić information content (AvgIpc) is 3.10. The quantitative estimate of drug-likeness (QED) is 0.623. The molecule has 2 amide bonds. The molecule has 3 aromatic rings. The van der Waals surface area contributed by atoms with Crippen LogP contribution >= 0.6 is 0 Å². The van der Waals surface area contributed by atoms with E-state index < -0.39 is 11.9 Å². The van der Waals surface area contributed by atoms with Gasteiger partial charge in [0.25, 0.3) is 0 Å². The molecule has 0 bridgehead atoms. The van der Waals surface area contributed by atoms with Gasteiger partial charge in [0.15, 0.2) is 0 Å². The van der Waals surface area contributed by atoms with Gasteiger partial charge in [0, 0.05) is 23.4 Å². The number of primary amides is 1. The third-order valence-corrected chi connectivity index (χ3v) is 4.22. The first-order valence-corrected chi connectivity index (χ1v) is 8.97. The lowest BCUT2D eigenvalue weighted by Crippen LogP contribution is -2.41. The van der Waals surface area contributed by atoms with E-state index in [1.165, 1.54) is 6.08 Å². The summed E-state index contributed by atoms with van der Waals surface area (Å²) in [6.45, 7) is 2.17. The van der Waals surface area contributed by atoms with Crippen molar-refractivity contribution in [2.24, 2.45) is 5.73 Å². The number of nitrogens with two attached hydrogens (primary N) is 1. The number of rotatable bonds is 7. The Balaban J connectivity index is 1.86. The van der Waals surface area contributed by atoms with Crippen LogP contribution in [-0.2, 0) is 16.1 Å². The third-order valence-electron chi connectivity index (χ3n) is 4.22. The molecule has 6 heteroatoms. The molecule has 1 aromatic heterocycles. The Labute approximate surface area is 163 Å². The first-order valence-electron chi connectivity index (χ1n) is 8.97. The topological polar surface area (TPSA) is 90.0 Å². The highest BCUT2D eigenvalue weighted by molar-refractivity contribution is 5.95. The summed E-state index contributed by atoms with van der Waals surface area (Å²) in [6, 6.07) is 19.1. The standard InChI is InChI=1S/C22H22N4O2/c1-16(22(23)28)24-20(27)13-12-19-15-26(14-17-8-4-2-5-9-17)25-21(19)18-10-6-3-7-11-18/h2-13,15-16H,14H2,1H3,(H2,23,28)(H,24,27)/b13-12+. The maximum absolute atomic E-state index is 12.0. The number of aromatic nitrogens is 2. The lowest BCUT2D eigenvalue weighted by atomic mass is 10.1. The average molecular weight is 374 g/mol. The summed E-state index contributed by atoms with van der Waals surface area (Å²) in [5.41, 5.74) is 8.86. The first kappa shape index (κ1) is 19.1. The molecule has 28 heavy (non-hydrogen) atoms. The Bertz CT molecular complexity index is 978. The number of nitrogens with zero attached hydrogens (tertiary/aromatic N) is 2. The Morgan fingerprint density at radius 3 is 2.39 bits per heavy atom. The summed E-state index contributed by atoms with van der Waals surface area (Å²) >= 11 is 0. The van der Waals surface area contributed by atoms with Crippen LogP contribution in [-0.4, -0.2) is 27.6 Å². The summed E-state index contributed by atoms with van der Waals surface area (Å²) in [7, 11) is 0. The maximum atomic E-state index is 12.0. The number of hydrogen-bond donors (Lipinski definition) is 2. The van der Waals surface area contributed by atoms with Crippen molar-refractivity contribution in [3.8, 4) is 11.3 Å². The van der Waals surface area contributed by atoms with Gasteiger partial charge in [-0.1, -0.05) is 60.7 Å². The minimum absolute atomic E-state index is 0.388. The molecule has 0 aliphatic carbocycles. The van der Waals surface area contributed by atoms with Gasteiger partial charge in [-0.2, -0.15) is 5.10 Å². The monoisotopic (exact) mass is 374 g/mol. The van der Waals surface area contributed by atoms with Crippen molar-refractivity contribution in [2.45, 2.75) is 19.5 Å². The van der Waals surface area contributed by atoms with Gasteiger partial charge in [-0.15, -0.1) is 0 Å². The summed E-state index contributed by atoms with van der Waals surface area (Å²) in [5.74, 6) is -0.969. The highest BCUT2D eigenvalue weighted by atomic mass is 16.2. The van der Waals surface area contributed by atoms with Crippen molar-refractivity contribution in [3.05, 3.63) is 84.1 Å². The highest BCUT2D eigenvalue weighted by Gasteiger charge is 2.12. The number of amides is 2. The molecule has 2 aromatic carbocycles. The van der Waals surface area contributed by atoms with Crippen molar-refractivity contribution in [1.29, 1.82) is 0 Å². The van der Waals surface area contributed by atoms with Crippen molar-refractivity contribution in [3.63, 3.8) is 0 Å². The lowest BCUT2D eigenvalue weighted by Gasteiger charge is -2.07. The van der Waals surface area contributed by atoms with Gasteiger partial charge in [-0.3, -0.25) is 14.3 Å². The zero-order chi connectivity index (χ0) is 19.9. The van der Waals surface area contributed by atoms with Crippen LogP contribution in [0.4, 0.5) is 0 Å². The molecule has 0 saturated carbocycles. The fourth-order valence-electron chi connectivity index (χ4n) is 2.73. The number of carbonyl (C=O) groups is 2. The normalized spacial score (nSPS) is 12.0. The van der Waals surface area contributed by atoms with Gasteiger partial charge < -0.3 is 11.1 Å². The fraction of sp³-hybridized carbons (Fsp3) is 0.136. The molecule has 0 saturated heterocycles. The van der Waals surface area contributed by atoms with E-state index in [1.807, 2.05) is 71.5 Å². The van der Waals surface area contributed by atoms with Gasteiger partial charge in [-0.25, -0.2) is 0 Å². The third kappa shape index (κ3) is 4.94. The summed E-state index contributed by atoms with van der Waals surface area (Å²) in [5, 5.41) is 7.23. The van der Waals surface area contributed by atoms with Crippen LogP contribution < -0.4 is 11.1 Å². The minimum Gasteiger partial charge on any atom is -0.368 e. The molecule has 0 aliphatic heterocycles. The van der Waals surface area contributed by atoms with Crippen LogP contribution in [0.2, 0.25) is 0 Å². The Kier molecular flexibility index (Phi) is 6.01. The number of carbonyl (C=O) groups excluding carboxylic acids is 2. The maximum Gasteiger partial charge on any atom is 0.244 e. The van der Waals surface area contributed by atoms with E-state index in [2.05, 4.69) is 5.32 Å².